The maximum Gasteiger partial charge on any atom is 0.133 e. The largest absolute Gasteiger partial charge is 0.389 e. The summed E-state index contributed by atoms with van der Waals surface area (Å²) in [7, 11) is 2.00. The van der Waals surface area contributed by atoms with Gasteiger partial charge in [0, 0.05) is 25.2 Å². The Bertz CT molecular complexity index is 616. The number of aromatic nitrogens is 2. The zero-order valence-electron chi connectivity index (χ0n) is 11.4. The van der Waals surface area contributed by atoms with E-state index in [4.69, 9.17) is 18.0 Å². The van der Waals surface area contributed by atoms with E-state index >= 15 is 0 Å². The van der Waals surface area contributed by atoms with Crippen molar-refractivity contribution in [2.45, 2.75) is 11.6 Å². The smallest absolute Gasteiger partial charge is 0.133 e. The number of rotatable bonds is 5. The van der Waals surface area contributed by atoms with Crippen LogP contribution in [0, 0.1) is 0 Å². The van der Waals surface area contributed by atoms with Crippen molar-refractivity contribution in [2.75, 3.05) is 18.2 Å². The molecule has 2 N–H and O–H groups in total. The summed E-state index contributed by atoms with van der Waals surface area (Å²) in [6, 6.07) is 9.92. The standard InChI is InChI=1S/C14H16N4S2/c1-18(12-7-13(20-2)17-9-16-12)8-10-4-3-5-11(6-10)14(15)19/h3-7,9H,8H2,1-2H3,(H2,15,19). The quantitative estimate of drug-likeness (QED) is 0.520. The molecule has 4 nitrogen and oxygen atoms in total. The SMILES string of the molecule is CSc1cc(N(C)Cc2cccc(C(N)=S)c2)ncn1. The number of hydrogen-bond donors (Lipinski definition) is 1. The Morgan fingerprint density at radius 1 is 1.35 bits per heavy atom. The normalized spacial score (nSPS) is 10.3. The summed E-state index contributed by atoms with van der Waals surface area (Å²) >= 11 is 6.60. The predicted octanol–water partition coefficient (Wildman–Crippen LogP) is 2.47. The Morgan fingerprint density at radius 2 is 2.15 bits per heavy atom. The van der Waals surface area contributed by atoms with Crippen LogP contribution in [0.25, 0.3) is 0 Å². The summed E-state index contributed by atoms with van der Waals surface area (Å²) < 4.78 is 0. The molecule has 0 unspecified atom stereocenters. The minimum absolute atomic E-state index is 0.418. The van der Waals surface area contributed by atoms with E-state index in [9.17, 15) is 0 Å². The van der Waals surface area contributed by atoms with Gasteiger partial charge in [0.2, 0.25) is 0 Å². The topological polar surface area (TPSA) is 55.0 Å². The second-order valence-electron chi connectivity index (χ2n) is 4.34. The van der Waals surface area contributed by atoms with E-state index in [0.29, 0.717) is 4.99 Å². The summed E-state index contributed by atoms with van der Waals surface area (Å²) in [5.74, 6) is 0.894. The van der Waals surface area contributed by atoms with E-state index in [1.807, 2.05) is 37.6 Å². The summed E-state index contributed by atoms with van der Waals surface area (Å²) in [5, 5.41) is 0.957. The maximum atomic E-state index is 5.66. The third-order valence-corrected chi connectivity index (χ3v) is 3.74. The van der Waals surface area contributed by atoms with E-state index < -0.39 is 0 Å². The van der Waals surface area contributed by atoms with Crippen molar-refractivity contribution < 1.29 is 0 Å². The molecule has 0 saturated carbocycles. The van der Waals surface area contributed by atoms with Gasteiger partial charge in [-0.15, -0.1) is 11.8 Å². The van der Waals surface area contributed by atoms with Gasteiger partial charge in [0.25, 0.3) is 0 Å². The Labute approximate surface area is 128 Å². The minimum atomic E-state index is 0.418. The molecule has 2 rings (SSSR count). The molecule has 0 saturated heterocycles. The van der Waals surface area contributed by atoms with Crippen molar-refractivity contribution in [3.05, 3.63) is 47.8 Å². The highest BCUT2D eigenvalue weighted by molar-refractivity contribution is 7.98. The van der Waals surface area contributed by atoms with E-state index in [2.05, 4.69) is 20.9 Å². The van der Waals surface area contributed by atoms with E-state index in [0.717, 1.165) is 28.5 Å². The number of anilines is 1. The monoisotopic (exact) mass is 304 g/mol. The summed E-state index contributed by atoms with van der Waals surface area (Å²) in [6.07, 6.45) is 3.58. The fraction of sp³-hybridized carbons (Fsp3) is 0.214. The summed E-state index contributed by atoms with van der Waals surface area (Å²) in [4.78, 5) is 11.0. The summed E-state index contributed by atoms with van der Waals surface area (Å²) in [5.41, 5.74) is 7.69. The molecular weight excluding hydrogens is 288 g/mol. The fourth-order valence-electron chi connectivity index (χ4n) is 1.83. The lowest BCUT2D eigenvalue weighted by atomic mass is 10.1. The third kappa shape index (κ3) is 3.68. The number of hydrogen-bond acceptors (Lipinski definition) is 5. The van der Waals surface area contributed by atoms with E-state index in [1.165, 1.54) is 0 Å². The molecule has 0 aliphatic rings. The second kappa shape index (κ2) is 6.67. The van der Waals surface area contributed by atoms with Crippen molar-refractivity contribution in [1.82, 2.24) is 9.97 Å². The zero-order valence-corrected chi connectivity index (χ0v) is 13.0. The molecule has 20 heavy (non-hydrogen) atoms. The predicted molar refractivity (Wildman–Crippen MR) is 88.2 cm³/mol. The van der Waals surface area contributed by atoms with Gasteiger partial charge in [-0.3, -0.25) is 0 Å². The maximum absolute atomic E-state index is 5.66. The van der Waals surface area contributed by atoms with Crippen molar-refractivity contribution >= 4 is 34.8 Å². The van der Waals surface area contributed by atoms with Crippen molar-refractivity contribution in [3.8, 4) is 0 Å². The first kappa shape index (κ1) is 14.7. The molecule has 0 radical (unpaired) electrons. The molecular formula is C14H16N4S2. The average Bonchev–Trinajstić information content (AvgIpc) is 2.47. The zero-order chi connectivity index (χ0) is 14.5. The van der Waals surface area contributed by atoms with Gasteiger partial charge < -0.3 is 10.6 Å². The Balaban J connectivity index is 2.16. The van der Waals surface area contributed by atoms with Gasteiger partial charge in [0.05, 0.1) is 0 Å². The molecule has 1 heterocycles. The van der Waals surface area contributed by atoms with Crippen molar-refractivity contribution in [1.29, 1.82) is 0 Å². The molecule has 0 aliphatic carbocycles. The van der Waals surface area contributed by atoms with Crippen molar-refractivity contribution in [2.24, 2.45) is 5.73 Å². The average molecular weight is 304 g/mol. The van der Waals surface area contributed by atoms with Crippen LogP contribution in [0.1, 0.15) is 11.1 Å². The Morgan fingerprint density at radius 3 is 2.85 bits per heavy atom. The van der Waals surface area contributed by atoms with Crippen LogP contribution < -0.4 is 10.6 Å². The number of thiocarbonyl (C=S) groups is 1. The molecule has 0 amide bonds. The highest BCUT2D eigenvalue weighted by Gasteiger charge is 2.06. The highest BCUT2D eigenvalue weighted by Crippen LogP contribution is 2.18. The Kier molecular flexibility index (Phi) is 4.92. The molecule has 0 spiro atoms. The molecule has 6 heteroatoms. The fourth-order valence-corrected chi connectivity index (χ4v) is 2.33. The van der Waals surface area contributed by atoms with Crippen LogP contribution in [0.15, 0.2) is 41.7 Å². The molecule has 0 atom stereocenters. The highest BCUT2D eigenvalue weighted by atomic mass is 32.2. The van der Waals surface area contributed by atoms with Gasteiger partial charge in [-0.25, -0.2) is 9.97 Å². The van der Waals surface area contributed by atoms with Gasteiger partial charge in [0.15, 0.2) is 0 Å². The number of nitrogens with zero attached hydrogens (tertiary/aromatic N) is 3. The second-order valence-corrected chi connectivity index (χ2v) is 5.61. The first-order chi connectivity index (χ1) is 9.60. The van der Waals surface area contributed by atoms with Crippen LogP contribution in [-0.4, -0.2) is 28.3 Å². The van der Waals surface area contributed by atoms with Crippen LogP contribution in [-0.2, 0) is 6.54 Å². The molecule has 104 valence electrons. The molecule has 2 aromatic rings. The van der Waals surface area contributed by atoms with Crippen LogP contribution in [0.5, 0.6) is 0 Å². The lowest BCUT2D eigenvalue weighted by molar-refractivity contribution is 0.878. The van der Waals surface area contributed by atoms with Crippen molar-refractivity contribution in [3.63, 3.8) is 0 Å². The third-order valence-electron chi connectivity index (χ3n) is 2.86. The van der Waals surface area contributed by atoms with Gasteiger partial charge in [-0.1, -0.05) is 30.4 Å². The van der Waals surface area contributed by atoms with Gasteiger partial charge >= 0.3 is 0 Å². The van der Waals surface area contributed by atoms with Gasteiger partial charge in [0.1, 0.15) is 22.2 Å². The molecule has 1 aromatic heterocycles. The number of nitrogens with two attached hydrogens (primary N) is 1. The molecule has 0 aliphatic heterocycles. The Hall–Kier alpha value is -1.66. The minimum Gasteiger partial charge on any atom is -0.389 e. The first-order valence-corrected chi connectivity index (χ1v) is 7.69. The number of benzene rings is 1. The van der Waals surface area contributed by atoms with Gasteiger partial charge in [-0.2, -0.15) is 0 Å². The van der Waals surface area contributed by atoms with E-state index in [-0.39, 0.29) is 0 Å². The molecule has 0 fully saturated rings. The van der Waals surface area contributed by atoms with E-state index in [1.54, 1.807) is 18.1 Å². The number of thioether (sulfide) groups is 1. The van der Waals surface area contributed by atoms with Crippen LogP contribution in [0.3, 0.4) is 0 Å². The van der Waals surface area contributed by atoms with Crippen LogP contribution in [0.2, 0.25) is 0 Å². The molecule has 1 aromatic carbocycles. The lowest BCUT2D eigenvalue weighted by Gasteiger charge is -2.18. The molecule has 0 bridgehead atoms. The van der Waals surface area contributed by atoms with Gasteiger partial charge in [-0.05, 0) is 17.9 Å². The van der Waals surface area contributed by atoms with Crippen LogP contribution >= 0.6 is 24.0 Å². The summed E-state index contributed by atoms with van der Waals surface area (Å²) in [6.45, 7) is 0.737. The lowest BCUT2D eigenvalue weighted by Crippen LogP contribution is -2.18. The van der Waals surface area contributed by atoms with Crippen LogP contribution in [0.4, 0.5) is 5.82 Å². The first-order valence-electron chi connectivity index (χ1n) is 6.06.